The summed E-state index contributed by atoms with van der Waals surface area (Å²) in [5.74, 6) is -4.28. The van der Waals surface area contributed by atoms with E-state index in [2.05, 4.69) is 26.3 Å². The number of aryl methyl sites for hydroxylation is 1. The van der Waals surface area contributed by atoms with E-state index in [0.717, 1.165) is 27.6 Å². The molecule has 0 bridgehead atoms. The van der Waals surface area contributed by atoms with Crippen molar-refractivity contribution in [1.82, 2.24) is 31.2 Å². The number of H-pyrrole nitrogens is 1. The quantitative estimate of drug-likeness (QED) is 0.0586. The Morgan fingerprint density at radius 1 is 0.845 bits per heavy atom. The van der Waals surface area contributed by atoms with E-state index in [9.17, 15) is 24.0 Å². The second-order valence-corrected chi connectivity index (χ2v) is 15.1. The molecule has 0 aliphatic carbocycles. The molecular formula is C43H52N8O7. The summed E-state index contributed by atoms with van der Waals surface area (Å²) < 4.78 is 5.21. The minimum Gasteiger partial charge on any atom is -0.368 e. The number of urea groups is 1. The van der Waals surface area contributed by atoms with E-state index >= 15 is 4.79 Å². The van der Waals surface area contributed by atoms with Gasteiger partial charge >= 0.3 is 6.03 Å². The van der Waals surface area contributed by atoms with Crippen molar-refractivity contribution in [2.75, 3.05) is 19.7 Å². The Morgan fingerprint density at radius 3 is 2.28 bits per heavy atom. The first-order valence-corrected chi connectivity index (χ1v) is 19.8. The number of aromatic amines is 1. The number of hydrogen-bond donors (Lipinski definition) is 7. The van der Waals surface area contributed by atoms with Gasteiger partial charge in [0.25, 0.3) is 5.91 Å². The van der Waals surface area contributed by atoms with Crippen LogP contribution in [0.2, 0.25) is 0 Å². The van der Waals surface area contributed by atoms with Crippen molar-refractivity contribution >= 4 is 46.5 Å². The Balaban J connectivity index is 1.37. The number of nitrogens with two attached hydrogens (primary N) is 2. The Morgan fingerprint density at radius 2 is 1.57 bits per heavy atom. The van der Waals surface area contributed by atoms with Gasteiger partial charge in [-0.25, -0.2) is 4.79 Å². The molecule has 9 N–H and O–H groups in total. The number of ether oxygens (including phenoxy) is 1. The molecule has 2 fully saturated rings. The average Bonchev–Trinajstić information content (AvgIpc) is 4.00. The first-order chi connectivity index (χ1) is 28.0. The number of aromatic nitrogens is 1. The van der Waals surface area contributed by atoms with Crippen LogP contribution in [-0.2, 0) is 48.1 Å². The van der Waals surface area contributed by atoms with Crippen molar-refractivity contribution < 1.29 is 33.5 Å². The molecule has 3 aromatic carbocycles. The number of primary amides is 2. The summed E-state index contributed by atoms with van der Waals surface area (Å²) in [6, 6.07) is 21.4. The molecule has 0 spiro atoms. The monoisotopic (exact) mass is 792 g/mol. The third kappa shape index (κ3) is 10.0. The number of hydrogen-bond acceptors (Lipinski definition) is 7. The van der Waals surface area contributed by atoms with Crippen molar-refractivity contribution in [2.45, 2.75) is 82.1 Å². The summed E-state index contributed by atoms with van der Waals surface area (Å²) in [6.07, 6.45) is 2.67. The van der Waals surface area contributed by atoms with Crippen LogP contribution in [0.15, 0.2) is 85.1 Å². The van der Waals surface area contributed by atoms with E-state index in [1.165, 1.54) is 4.90 Å². The van der Waals surface area contributed by atoms with E-state index in [1.54, 1.807) is 6.20 Å². The molecule has 306 valence electrons. The minimum atomic E-state index is -1.86. The summed E-state index contributed by atoms with van der Waals surface area (Å²) in [7, 11) is 0. The van der Waals surface area contributed by atoms with Gasteiger partial charge in [-0.3, -0.25) is 24.0 Å². The lowest BCUT2D eigenvalue weighted by Gasteiger charge is -2.50. The van der Waals surface area contributed by atoms with Gasteiger partial charge in [-0.1, -0.05) is 78.4 Å². The number of benzene rings is 3. The number of carbonyl (C=O) groups is 6. The van der Waals surface area contributed by atoms with Crippen LogP contribution >= 0.6 is 0 Å². The maximum absolute atomic E-state index is 15.1. The molecule has 15 heteroatoms. The molecular weight excluding hydrogens is 741 g/mol. The Kier molecular flexibility index (Phi) is 13.4. The number of nitrogens with one attached hydrogen (secondary N) is 5. The highest BCUT2D eigenvalue weighted by molar-refractivity contribution is 6.00. The van der Waals surface area contributed by atoms with Crippen LogP contribution < -0.4 is 32.7 Å². The maximum atomic E-state index is 15.1. The molecule has 2 aliphatic heterocycles. The first-order valence-electron chi connectivity index (χ1n) is 19.8. The van der Waals surface area contributed by atoms with E-state index < -0.39 is 65.2 Å². The lowest BCUT2D eigenvalue weighted by molar-refractivity contribution is -0.160. The van der Waals surface area contributed by atoms with Gasteiger partial charge < -0.3 is 47.4 Å². The first kappa shape index (κ1) is 41.4. The fourth-order valence-corrected chi connectivity index (χ4v) is 7.87. The summed E-state index contributed by atoms with van der Waals surface area (Å²) >= 11 is 0. The summed E-state index contributed by atoms with van der Waals surface area (Å²) in [6.45, 7) is 2.64. The number of piperidine rings is 1. The molecule has 7 amide bonds. The number of fused-ring (bicyclic) bond motifs is 1. The summed E-state index contributed by atoms with van der Waals surface area (Å²) in [5, 5.41) is 12.0. The van der Waals surface area contributed by atoms with Crippen molar-refractivity contribution in [2.24, 2.45) is 17.4 Å². The molecule has 2 saturated heterocycles. The average molecular weight is 793 g/mol. The molecule has 5 atom stereocenters. The second kappa shape index (κ2) is 18.8. The van der Waals surface area contributed by atoms with E-state index in [4.69, 9.17) is 16.2 Å². The van der Waals surface area contributed by atoms with Gasteiger partial charge in [-0.2, -0.15) is 0 Å². The van der Waals surface area contributed by atoms with Crippen molar-refractivity contribution in [3.8, 4) is 0 Å². The van der Waals surface area contributed by atoms with Crippen LogP contribution in [0.3, 0.4) is 0 Å². The van der Waals surface area contributed by atoms with Crippen molar-refractivity contribution in [1.29, 1.82) is 0 Å². The third-order valence-electron chi connectivity index (χ3n) is 11.1. The third-order valence-corrected chi connectivity index (χ3v) is 11.1. The van der Waals surface area contributed by atoms with E-state index in [1.807, 2.05) is 85.8 Å². The fourth-order valence-electron chi connectivity index (χ4n) is 7.87. The van der Waals surface area contributed by atoms with Gasteiger partial charge in [0.05, 0.1) is 12.5 Å². The Labute approximate surface area is 337 Å². The van der Waals surface area contributed by atoms with Crippen LogP contribution in [0.1, 0.15) is 54.4 Å². The second-order valence-electron chi connectivity index (χ2n) is 15.1. The van der Waals surface area contributed by atoms with E-state index in [-0.39, 0.29) is 58.3 Å². The van der Waals surface area contributed by atoms with Crippen LogP contribution in [0.5, 0.6) is 0 Å². The number of para-hydroxylation sites is 1. The van der Waals surface area contributed by atoms with Gasteiger partial charge in [-0.15, -0.1) is 0 Å². The van der Waals surface area contributed by atoms with Crippen molar-refractivity contribution in [3.05, 3.63) is 107 Å². The lowest BCUT2D eigenvalue weighted by Crippen LogP contribution is -2.71. The van der Waals surface area contributed by atoms with Crippen LogP contribution in [0.4, 0.5) is 4.79 Å². The fraction of sp³-hybridized carbons (Fsp3) is 0.395. The highest BCUT2D eigenvalue weighted by atomic mass is 16.6. The zero-order valence-electron chi connectivity index (χ0n) is 32.6. The van der Waals surface area contributed by atoms with Crippen LogP contribution in [-0.4, -0.2) is 88.9 Å². The molecule has 2 aliphatic rings. The number of epoxide rings is 1. The SMILES string of the molecule is Cc1ccc(CNC(=O)[C@H](CCCNC(N)=O)NC(=O)[C@@H](Cc2c[nH]c3ccccc23)C2(C(N)=O)CCCCN2C(=O)[C@H](Cc2ccccc2)NC(=O)C2CO2)cc1. The van der Waals surface area contributed by atoms with Crippen LogP contribution in [0, 0.1) is 12.8 Å². The zero-order chi connectivity index (χ0) is 41.2. The van der Waals surface area contributed by atoms with Gasteiger partial charge in [0.2, 0.25) is 23.6 Å². The molecule has 0 radical (unpaired) electrons. The highest BCUT2D eigenvalue weighted by Crippen LogP contribution is 2.39. The largest absolute Gasteiger partial charge is 0.368 e. The molecule has 15 nitrogen and oxygen atoms in total. The predicted molar refractivity (Wildman–Crippen MR) is 217 cm³/mol. The number of amides is 7. The molecule has 4 aromatic rings. The number of likely N-dealkylation sites (tertiary alicyclic amines) is 1. The topological polar surface area (TPSA) is 234 Å². The molecule has 3 heterocycles. The molecule has 2 unspecified atom stereocenters. The molecule has 1 aromatic heterocycles. The highest BCUT2D eigenvalue weighted by Gasteiger charge is 2.56. The number of rotatable bonds is 18. The Bertz CT molecular complexity index is 2100. The minimum absolute atomic E-state index is 0.0187. The molecule has 6 rings (SSSR count). The maximum Gasteiger partial charge on any atom is 0.312 e. The normalized spacial score (nSPS) is 19.0. The lowest BCUT2D eigenvalue weighted by atomic mass is 9.71. The smallest absolute Gasteiger partial charge is 0.312 e. The molecule has 0 saturated carbocycles. The van der Waals surface area contributed by atoms with E-state index in [0.29, 0.717) is 18.4 Å². The zero-order valence-corrected chi connectivity index (χ0v) is 32.6. The van der Waals surface area contributed by atoms with Gasteiger partial charge in [0.15, 0.2) is 6.10 Å². The van der Waals surface area contributed by atoms with Gasteiger partial charge in [0.1, 0.15) is 17.6 Å². The summed E-state index contributed by atoms with van der Waals surface area (Å²) in [4.78, 5) is 87.3. The molecule has 58 heavy (non-hydrogen) atoms. The Hall–Kier alpha value is -6.22. The van der Waals surface area contributed by atoms with Gasteiger partial charge in [0, 0.05) is 43.2 Å². The van der Waals surface area contributed by atoms with Crippen LogP contribution in [0.25, 0.3) is 10.9 Å². The van der Waals surface area contributed by atoms with Gasteiger partial charge in [-0.05, 0) is 68.2 Å². The summed E-state index contributed by atoms with van der Waals surface area (Å²) in [5.41, 5.74) is 14.0. The van der Waals surface area contributed by atoms with Crippen molar-refractivity contribution in [3.63, 3.8) is 0 Å². The number of nitrogens with zero attached hydrogens (tertiary/aromatic N) is 1. The standard InChI is InChI=1S/C43H52N8O7/c1-27-15-17-29(18-16-27)24-48-38(53)34(14-9-20-46-42(45)57)49-37(52)32(23-30-25-47-33-13-6-5-12-31(30)33)43(41(44)56)19-7-8-21-51(43)40(55)35(50-39(54)36-26-58-36)22-28-10-3-2-4-11-28/h2-6,10-13,15-18,25,32,34-36,47H,7-9,14,19-24,26H2,1H3,(H2,44,56)(H,48,53)(H,49,52)(H,50,54)(H3,45,46,57)/t32-,34+,35+,36?,43?/m1/s1. The predicted octanol–water partition coefficient (Wildman–Crippen LogP) is 2.25. The number of carbonyl (C=O) groups excluding carboxylic acids is 6.